The number of nitriles is 1. The highest BCUT2D eigenvalue weighted by Gasteiger charge is 2.26. The van der Waals surface area contributed by atoms with Crippen molar-refractivity contribution in [3.05, 3.63) is 45.1 Å². The molecule has 0 N–H and O–H groups in total. The number of hydrogen-bond acceptors (Lipinski definition) is 4. The van der Waals surface area contributed by atoms with Crippen molar-refractivity contribution in [3.8, 4) is 11.8 Å². The van der Waals surface area contributed by atoms with E-state index in [1.165, 1.54) is 6.07 Å². The lowest BCUT2D eigenvalue weighted by atomic mass is 9.96. The van der Waals surface area contributed by atoms with E-state index in [2.05, 4.69) is 6.07 Å². The molecule has 2 heterocycles. The Hall–Kier alpha value is -2.87. The lowest BCUT2D eigenvalue weighted by molar-refractivity contribution is -0.142. The van der Waals surface area contributed by atoms with Crippen molar-refractivity contribution in [3.63, 3.8) is 0 Å². The van der Waals surface area contributed by atoms with Crippen molar-refractivity contribution < 1.29 is 18.7 Å². The van der Waals surface area contributed by atoms with E-state index in [1.807, 2.05) is 6.08 Å². The summed E-state index contributed by atoms with van der Waals surface area (Å²) in [5, 5.41) is 10.4. The molecule has 0 atom stereocenters. The largest absolute Gasteiger partial charge is 0.492 e. The van der Waals surface area contributed by atoms with Gasteiger partial charge in [0, 0.05) is 28.0 Å². The van der Waals surface area contributed by atoms with Crippen LogP contribution in [0.1, 0.15) is 18.4 Å². The summed E-state index contributed by atoms with van der Waals surface area (Å²) in [5.74, 6) is -0.182. The predicted octanol–water partition coefficient (Wildman–Crippen LogP) is 1.33. The van der Waals surface area contributed by atoms with E-state index >= 15 is 0 Å². The molecule has 0 saturated carbocycles. The molecular formula is C18H12FNO3. The van der Waals surface area contributed by atoms with E-state index in [9.17, 15) is 14.4 Å². The van der Waals surface area contributed by atoms with Gasteiger partial charge >= 0.3 is 5.97 Å². The highest BCUT2D eigenvalue weighted by molar-refractivity contribution is 5.88. The van der Waals surface area contributed by atoms with Gasteiger partial charge in [-0.3, -0.25) is 4.79 Å². The minimum atomic E-state index is -0.394. The first-order valence-corrected chi connectivity index (χ1v) is 7.34. The second-order valence-electron chi connectivity index (χ2n) is 5.60. The van der Waals surface area contributed by atoms with Crippen LogP contribution in [-0.2, 0) is 9.53 Å². The molecule has 5 heteroatoms. The van der Waals surface area contributed by atoms with E-state index in [0.29, 0.717) is 45.1 Å². The smallest absolute Gasteiger partial charge is 0.310 e. The monoisotopic (exact) mass is 309 g/mol. The van der Waals surface area contributed by atoms with Gasteiger partial charge in [0.15, 0.2) is 0 Å². The van der Waals surface area contributed by atoms with Crippen LogP contribution in [0.4, 0.5) is 4.39 Å². The van der Waals surface area contributed by atoms with Crippen LogP contribution in [0.2, 0.25) is 0 Å². The van der Waals surface area contributed by atoms with Gasteiger partial charge in [-0.1, -0.05) is 6.08 Å². The lowest BCUT2D eigenvalue weighted by Crippen LogP contribution is -2.29. The van der Waals surface area contributed by atoms with E-state index < -0.39 is 5.82 Å². The molecule has 23 heavy (non-hydrogen) atoms. The Morgan fingerprint density at radius 2 is 2.13 bits per heavy atom. The second kappa shape index (κ2) is 5.10. The summed E-state index contributed by atoms with van der Waals surface area (Å²) in [7, 11) is 0. The highest BCUT2D eigenvalue weighted by Crippen LogP contribution is 2.28. The Morgan fingerprint density at radius 3 is 2.96 bits per heavy atom. The molecule has 0 aromatic heterocycles. The Kier molecular flexibility index (Phi) is 3.05. The molecule has 4 nitrogen and oxygen atoms in total. The number of fused-ring (bicyclic) bond motifs is 4. The maximum absolute atomic E-state index is 14.8. The summed E-state index contributed by atoms with van der Waals surface area (Å²) in [6.07, 6.45) is 5.94. The first-order chi connectivity index (χ1) is 11.2. The maximum atomic E-state index is 14.8. The fraction of sp³-hybridized carbons (Fsp3) is 0.222. The molecule has 114 valence electrons. The van der Waals surface area contributed by atoms with E-state index in [1.54, 1.807) is 12.2 Å². The molecule has 0 unspecified atom stereocenters. The number of benzene rings is 1. The molecule has 1 aromatic carbocycles. The average Bonchev–Trinajstić information content (AvgIpc) is 2.71. The van der Waals surface area contributed by atoms with Crippen LogP contribution in [0.5, 0.6) is 5.75 Å². The van der Waals surface area contributed by atoms with Gasteiger partial charge < -0.3 is 9.47 Å². The molecule has 1 saturated heterocycles. The molecular weight excluding hydrogens is 297 g/mol. The summed E-state index contributed by atoms with van der Waals surface area (Å²) in [6, 6.07) is 3.53. The van der Waals surface area contributed by atoms with Crippen molar-refractivity contribution in [1.82, 2.24) is 0 Å². The minimum absolute atomic E-state index is 0.00361. The third kappa shape index (κ3) is 2.15. The number of ether oxygens (including phenoxy) is 2. The number of nitrogens with zero attached hydrogens (tertiary/aromatic N) is 1. The standard InChI is InChI=1S/C18H12FNO3/c19-15-6-11-2-1-3-22-18(11)13-5-10(8-20)4-12-7-16(21)23-9-14(12)17(13)15/h2,4-6H,1,3,7,9H2. The molecule has 0 radical (unpaired) electrons. The number of carbonyl (C=O) groups excluding carboxylic acids is 1. The van der Waals surface area contributed by atoms with Crippen LogP contribution in [0.15, 0.2) is 23.3 Å². The van der Waals surface area contributed by atoms with Crippen molar-refractivity contribution >= 4 is 23.7 Å². The second-order valence-corrected chi connectivity index (χ2v) is 5.60. The molecule has 4 rings (SSSR count). The molecule has 1 fully saturated rings. The summed E-state index contributed by atoms with van der Waals surface area (Å²) in [5.41, 5.74) is 2.15. The van der Waals surface area contributed by atoms with Crippen LogP contribution in [-0.4, -0.2) is 19.2 Å². The van der Waals surface area contributed by atoms with Crippen LogP contribution in [0.25, 0.3) is 17.7 Å². The van der Waals surface area contributed by atoms with Crippen molar-refractivity contribution in [1.29, 1.82) is 5.26 Å². The zero-order valence-corrected chi connectivity index (χ0v) is 12.2. The molecule has 0 amide bonds. The summed E-state index contributed by atoms with van der Waals surface area (Å²) >= 11 is 0. The Bertz CT molecular complexity index is 963. The van der Waals surface area contributed by atoms with Gasteiger partial charge in [-0.15, -0.1) is 0 Å². The third-order valence-electron chi connectivity index (χ3n) is 4.19. The maximum Gasteiger partial charge on any atom is 0.310 e. The molecule has 0 bridgehead atoms. The number of esters is 1. The van der Waals surface area contributed by atoms with Crippen molar-refractivity contribution in [2.75, 3.05) is 13.2 Å². The number of halogens is 1. The number of carbonyl (C=O) groups is 1. The Balaban J connectivity index is 2.14. The number of hydrogen-bond donors (Lipinski definition) is 0. The number of cyclic esters (lactones) is 1. The van der Waals surface area contributed by atoms with Gasteiger partial charge in [-0.2, -0.15) is 5.26 Å². The zero-order valence-electron chi connectivity index (χ0n) is 12.2. The van der Waals surface area contributed by atoms with E-state index in [-0.39, 0.29) is 19.0 Å². The Labute approximate surface area is 131 Å². The van der Waals surface area contributed by atoms with Gasteiger partial charge in [0.25, 0.3) is 0 Å². The summed E-state index contributed by atoms with van der Waals surface area (Å²) < 4.78 is 25.6. The quantitative estimate of drug-likeness (QED) is 0.679. The van der Waals surface area contributed by atoms with Crippen molar-refractivity contribution in [2.24, 2.45) is 0 Å². The molecule has 0 spiro atoms. The SMILES string of the molecule is N#CC1=Cc2c3c(cc(F)c2=C2COC(=O)CC2=C1)=CCCO3. The first kappa shape index (κ1) is 13.8. The van der Waals surface area contributed by atoms with Gasteiger partial charge in [-0.05, 0) is 23.8 Å². The van der Waals surface area contributed by atoms with Gasteiger partial charge in [0.2, 0.25) is 0 Å². The van der Waals surface area contributed by atoms with E-state index in [0.717, 1.165) is 6.42 Å². The topological polar surface area (TPSA) is 59.3 Å². The van der Waals surface area contributed by atoms with Crippen LogP contribution in [0, 0.1) is 17.1 Å². The van der Waals surface area contributed by atoms with Crippen LogP contribution in [0.3, 0.4) is 0 Å². The fourth-order valence-electron chi connectivity index (χ4n) is 3.18. The first-order valence-electron chi connectivity index (χ1n) is 7.34. The van der Waals surface area contributed by atoms with Gasteiger partial charge in [-0.25, -0.2) is 4.39 Å². The predicted molar refractivity (Wildman–Crippen MR) is 80.9 cm³/mol. The van der Waals surface area contributed by atoms with Gasteiger partial charge in [0.1, 0.15) is 18.2 Å². The van der Waals surface area contributed by atoms with Crippen LogP contribution >= 0.6 is 0 Å². The molecule has 2 aliphatic heterocycles. The van der Waals surface area contributed by atoms with Crippen LogP contribution < -0.4 is 15.2 Å². The molecule has 3 aliphatic rings. The average molecular weight is 309 g/mol. The zero-order chi connectivity index (χ0) is 16.0. The van der Waals surface area contributed by atoms with Crippen molar-refractivity contribution in [2.45, 2.75) is 12.8 Å². The Morgan fingerprint density at radius 1 is 1.26 bits per heavy atom. The summed E-state index contributed by atoms with van der Waals surface area (Å²) in [4.78, 5) is 11.6. The number of rotatable bonds is 0. The fourth-order valence-corrected chi connectivity index (χ4v) is 3.18. The summed E-state index contributed by atoms with van der Waals surface area (Å²) in [6.45, 7) is 0.523. The lowest BCUT2D eigenvalue weighted by Gasteiger charge is -2.20. The highest BCUT2D eigenvalue weighted by atomic mass is 19.1. The molecule has 1 aromatic rings. The molecule has 1 aliphatic carbocycles. The van der Waals surface area contributed by atoms with Gasteiger partial charge in [0.05, 0.1) is 24.7 Å². The normalized spacial score (nSPS) is 18.6. The number of allylic oxidation sites excluding steroid dienone is 2. The minimum Gasteiger partial charge on any atom is -0.492 e. The van der Waals surface area contributed by atoms with E-state index in [4.69, 9.17) is 9.47 Å². The third-order valence-corrected chi connectivity index (χ3v) is 4.19.